The molecule has 0 saturated carbocycles. The Morgan fingerprint density at radius 1 is 1.35 bits per heavy atom. The van der Waals surface area contributed by atoms with E-state index < -0.39 is 12.1 Å². The molecule has 1 heterocycles. The molecule has 1 aromatic carbocycles. The van der Waals surface area contributed by atoms with Gasteiger partial charge in [0.1, 0.15) is 11.6 Å². The molecule has 23 heavy (non-hydrogen) atoms. The van der Waals surface area contributed by atoms with Crippen molar-refractivity contribution in [1.82, 2.24) is 20.6 Å². The Morgan fingerprint density at radius 2 is 2.13 bits per heavy atom. The summed E-state index contributed by atoms with van der Waals surface area (Å²) in [6, 6.07) is 6.89. The molecule has 2 aromatic rings. The van der Waals surface area contributed by atoms with Gasteiger partial charge in [0.05, 0.1) is 17.3 Å². The zero-order valence-electron chi connectivity index (χ0n) is 11.1. The van der Waals surface area contributed by atoms with Gasteiger partial charge in [-0.25, -0.2) is 0 Å². The lowest BCUT2D eigenvalue weighted by Crippen LogP contribution is -2.18. The Hall–Kier alpha value is -3.60. The highest BCUT2D eigenvalue weighted by Crippen LogP contribution is 2.31. The van der Waals surface area contributed by atoms with Gasteiger partial charge in [-0.2, -0.15) is 15.7 Å². The SMILES string of the molecule is N#CC(=CNc1ccc(C#N)cc1OC(F)(F)F)c1nn[nH]n1. The Balaban J connectivity index is 2.32. The third-order valence-corrected chi connectivity index (χ3v) is 2.42. The summed E-state index contributed by atoms with van der Waals surface area (Å²) >= 11 is 0. The maximum atomic E-state index is 12.4. The van der Waals surface area contributed by atoms with Gasteiger partial charge in [0, 0.05) is 12.3 Å². The number of aromatic nitrogens is 4. The number of tetrazole rings is 1. The number of nitrogens with one attached hydrogen (secondary N) is 2. The van der Waals surface area contributed by atoms with Gasteiger partial charge in [0.15, 0.2) is 5.75 Å². The van der Waals surface area contributed by atoms with Crippen molar-refractivity contribution in [3.63, 3.8) is 0 Å². The minimum Gasteiger partial charge on any atom is -0.404 e. The van der Waals surface area contributed by atoms with Crippen molar-refractivity contribution in [2.24, 2.45) is 0 Å². The van der Waals surface area contributed by atoms with E-state index in [9.17, 15) is 13.2 Å². The number of H-pyrrole nitrogens is 1. The minimum absolute atomic E-state index is 0.0162. The summed E-state index contributed by atoms with van der Waals surface area (Å²) in [5, 5.41) is 32.8. The summed E-state index contributed by atoms with van der Waals surface area (Å²) in [6.45, 7) is 0. The van der Waals surface area contributed by atoms with Crippen LogP contribution in [0.3, 0.4) is 0 Å². The van der Waals surface area contributed by atoms with E-state index in [0.29, 0.717) is 0 Å². The summed E-state index contributed by atoms with van der Waals surface area (Å²) in [5.74, 6) is -0.648. The molecule has 0 aliphatic rings. The van der Waals surface area contributed by atoms with Gasteiger partial charge in [-0.1, -0.05) is 0 Å². The van der Waals surface area contributed by atoms with E-state index in [4.69, 9.17) is 10.5 Å². The Kier molecular flexibility index (Phi) is 4.42. The van der Waals surface area contributed by atoms with Crippen molar-refractivity contribution in [3.8, 4) is 17.9 Å². The minimum atomic E-state index is -4.93. The van der Waals surface area contributed by atoms with E-state index in [0.717, 1.165) is 12.3 Å². The first-order valence-corrected chi connectivity index (χ1v) is 5.83. The third kappa shape index (κ3) is 4.18. The molecule has 0 saturated heterocycles. The van der Waals surface area contributed by atoms with Gasteiger partial charge in [-0.05, 0) is 17.3 Å². The number of halogens is 3. The van der Waals surface area contributed by atoms with E-state index in [2.05, 4.69) is 30.7 Å². The smallest absolute Gasteiger partial charge is 0.404 e. The number of benzene rings is 1. The molecule has 2 N–H and O–H groups in total. The monoisotopic (exact) mass is 321 g/mol. The van der Waals surface area contributed by atoms with Crippen molar-refractivity contribution < 1.29 is 17.9 Å². The zero-order chi connectivity index (χ0) is 16.9. The molecule has 11 heteroatoms. The predicted octanol–water partition coefficient (Wildman–Crippen LogP) is 1.95. The summed E-state index contributed by atoms with van der Waals surface area (Å²) in [7, 11) is 0. The summed E-state index contributed by atoms with van der Waals surface area (Å²) in [5.41, 5.74) is -0.184. The number of alkyl halides is 3. The van der Waals surface area contributed by atoms with Crippen molar-refractivity contribution in [3.05, 3.63) is 35.8 Å². The molecule has 0 aliphatic heterocycles. The number of hydrogen-bond acceptors (Lipinski definition) is 7. The zero-order valence-corrected chi connectivity index (χ0v) is 11.1. The molecule has 1 aromatic heterocycles. The van der Waals surface area contributed by atoms with Crippen LogP contribution >= 0.6 is 0 Å². The van der Waals surface area contributed by atoms with Crippen LogP contribution in [0.5, 0.6) is 5.75 Å². The molecule has 8 nitrogen and oxygen atoms in total. The number of nitrogens with zero attached hydrogens (tertiary/aromatic N) is 5. The highest BCUT2D eigenvalue weighted by Gasteiger charge is 2.32. The summed E-state index contributed by atoms with van der Waals surface area (Å²) < 4.78 is 41.1. The van der Waals surface area contributed by atoms with Crippen molar-refractivity contribution >= 4 is 11.3 Å². The Morgan fingerprint density at radius 3 is 2.70 bits per heavy atom. The first-order valence-electron chi connectivity index (χ1n) is 5.83. The van der Waals surface area contributed by atoms with Crippen LogP contribution in [0.25, 0.3) is 5.57 Å². The van der Waals surface area contributed by atoms with Gasteiger partial charge in [-0.15, -0.1) is 23.4 Å². The molecule has 116 valence electrons. The second-order valence-corrected chi connectivity index (χ2v) is 3.92. The van der Waals surface area contributed by atoms with Crippen LogP contribution in [-0.2, 0) is 0 Å². The van der Waals surface area contributed by atoms with Crippen LogP contribution in [0, 0.1) is 22.7 Å². The fraction of sp³-hybridized carbons (Fsp3) is 0.0833. The number of ether oxygens (including phenoxy) is 1. The van der Waals surface area contributed by atoms with Gasteiger partial charge in [0.25, 0.3) is 0 Å². The molecular formula is C12H6F3N7O. The highest BCUT2D eigenvalue weighted by atomic mass is 19.4. The molecule has 0 unspecified atom stereocenters. The van der Waals surface area contributed by atoms with Crippen LogP contribution in [-0.4, -0.2) is 27.0 Å². The van der Waals surface area contributed by atoms with Gasteiger partial charge < -0.3 is 10.1 Å². The molecule has 0 bridgehead atoms. The van der Waals surface area contributed by atoms with Gasteiger partial charge in [0.2, 0.25) is 5.82 Å². The number of rotatable bonds is 4. The van der Waals surface area contributed by atoms with E-state index in [-0.39, 0.29) is 22.6 Å². The Bertz CT molecular complexity index is 800. The van der Waals surface area contributed by atoms with Crippen LogP contribution < -0.4 is 10.1 Å². The molecule has 0 aliphatic carbocycles. The quantitative estimate of drug-likeness (QED) is 0.825. The second-order valence-electron chi connectivity index (χ2n) is 3.92. The fourth-order valence-electron chi connectivity index (χ4n) is 1.49. The van der Waals surface area contributed by atoms with Crippen LogP contribution in [0.2, 0.25) is 0 Å². The summed E-state index contributed by atoms with van der Waals surface area (Å²) in [4.78, 5) is 0. The lowest BCUT2D eigenvalue weighted by molar-refractivity contribution is -0.274. The van der Waals surface area contributed by atoms with Crippen LogP contribution in [0.15, 0.2) is 24.4 Å². The maximum Gasteiger partial charge on any atom is 0.573 e. The second kappa shape index (κ2) is 6.44. The fourth-order valence-corrected chi connectivity index (χ4v) is 1.49. The van der Waals surface area contributed by atoms with E-state index >= 15 is 0 Å². The largest absolute Gasteiger partial charge is 0.573 e. The number of aromatic amines is 1. The predicted molar refractivity (Wildman–Crippen MR) is 69.2 cm³/mol. The van der Waals surface area contributed by atoms with Crippen molar-refractivity contribution in [2.75, 3.05) is 5.32 Å². The molecule has 2 rings (SSSR count). The van der Waals surface area contributed by atoms with Crippen molar-refractivity contribution in [1.29, 1.82) is 10.5 Å². The van der Waals surface area contributed by atoms with Crippen LogP contribution in [0.1, 0.15) is 11.4 Å². The summed E-state index contributed by atoms with van der Waals surface area (Å²) in [6.07, 6.45) is -3.84. The third-order valence-electron chi connectivity index (χ3n) is 2.42. The van der Waals surface area contributed by atoms with Gasteiger partial charge in [-0.3, -0.25) is 0 Å². The van der Waals surface area contributed by atoms with Crippen LogP contribution in [0.4, 0.5) is 18.9 Å². The number of anilines is 1. The lowest BCUT2D eigenvalue weighted by atomic mass is 10.2. The highest BCUT2D eigenvalue weighted by molar-refractivity contribution is 5.75. The van der Waals surface area contributed by atoms with E-state index in [1.165, 1.54) is 12.1 Å². The average molecular weight is 321 g/mol. The number of hydrogen-bond donors (Lipinski definition) is 2. The number of nitriles is 2. The normalized spacial score (nSPS) is 11.4. The Labute approximate surface area is 126 Å². The number of allylic oxidation sites excluding steroid dienone is 1. The maximum absolute atomic E-state index is 12.4. The molecular weight excluding hydrogens is 315 g/mol. The van der Waals surface area contributed by atoms with Crippen molar-refractivity contribution in [2.45, 2.75) is 6.36 Å². The first-order chi connectivity index (χ1) is 10.9. The molecule has 0 atom stereocenters. The van der Waals surface area contributed by atoms with E-state index in [1.54, 1.807) is 12.1 Å². The molecule has 0 fully saturated rings. The van der Waals surface area contributed by atoms with E-state index in [1.807, 2.05) is 0 Å². The standard InChI is InChI=1S/C12H6F3N7O/c13-12(14,15)23-10-3-7(4-16)1-2-9(10)18-6-8(5-17)11-19-21-22-20-11/h1-3,6,18H,(H,19,20,21,22). The molecule has 0 spiro atoms. The molecule has 0 radical (unpaired) electrons. The molecule has 0 amide bonds. The average Bonchev–Trinajstić information content (AvgIpc) is 3.01. The topological polar surface area (TPSA) is 123 Å². The lowest BCUT2D eigenvalue weighted by Gasteiger charge is -2.13. The first kappa shape index (κ1) is 15.8. The van der Waals surface area contributed by atoms with Gasteiger partial charge >= 0.3 is 6.36 Å².